The zero-order valence-corrected chi connectivity index (χ0v) is 26.0. The number of hydrogen-bond donors (Lipinski definition) is 1. The number of fused-ring (bicyclic) bond motifs is 1. The molecule has 8 heteroatoms. The van der Waals surface area contributed by atoms with Crippen molar-refractivity contribution in [2.75, 3.05) is 46.5 Å². The number of hydrogen-bond acceptors (Lipinski definition) is 7. The largest absolute Gasteiger partial charge is 0.496 e. The maximum Gasteiger partial charge on any atom is 0.304 e. The molecule has 44 heavy (non-hydrogen) atoms. The van der Waals surface area contributed by atoms with Gasteiger partial charge in [0.2, 0.25) is 5.89 Å². The lowest BCUT2D eigenvalue weighted by molar-refractivity contribution is -0.138. The number of allylic oxidation sites excluding steroid dienone is 4. The van der Waals surface area contributed by atoms with Gasteiger partial charge in [-0.2, -0.15) is 0 Å². The number of aromatic nitrogens is 1. The molecule has 2 saturated heterocycles. The number of aliphatic carboxylic acids is 1. The molecule has 0 spiro atoms. The SMILES string of the molecule is COc1cc2oc(C3(CCCN4CCOCC4)C=CC=C(c4ccccc4)C3C)nc2cc1CN1CCCCC1CC(=O)O. The van der Waals surface area contributed by atoms with E-state index in [1.807, 2.05) is 6.07 Å². The molecule has 2 fully saturated rings. The van der Waals surface area contributed by atoms with Crippen molar-refractivity contribution in [1.82, 2.24) is 14.8 Å². The van der Waals surface area contributed by atoms with Gasteiger partial charge in [0.25, 0.3) is 0 Å². The van der Waals surface area contributed by atoms with Crippen LogP contribution in [0, 0.1) is 5.92 Å². The summed E-state index contributed by atoms with van der Waals surface area (Å²) in [4.78, 5) is 21.5. The molecule has 1 aliphatic carbocycles. The first-order valence-electron chi connectivity index (χ1n) is 16.2. The second-order valence-corrected chi connectivity index (χ2v) is 12.5. The third-order valence-electron chi connectivity index (χ3n) is 9.91. The molecule has 234 valence electrons. The number of rotatable bonds is 11. The minimum absolute atomic E-state index is 0.0284. The Hall–Kier alpha value is -3.46. The van der Waals surface area contributed by atoms with E-state index in [4.69, 9.17) is 18.9 Å². The lowest BCUT2D eigenvalue weighted by Crippen LogP contribution is -2.40. The van der Waals surface area contributed by atoms with Gasteiger partial charge in [-0.05, 0) is 61.9 Å². The van der Waals surface area contributed by atoms with Gasteiger partial charge in [-0.3, -0.25) is 14.6 Å². The first-order valence-corrected chi connectivity index (χ1v) is 16.2. The number of likely N-dealkylation sites (tertiary alicyclic amines) is 1. The summed E-state index contributed by atoms with van der Waals surface area (Å²) in [6.07, 6.45) is 11.8. The summed E-state index contributed by atoms with van der Waals surface area (Å²) in [6.45, 7) is 8.37. The summed E-state index contributed by atoms with van der Waals surface area (Å²) in [5.41, 5.74) is 4.64. The van der Waals surface area contributed by atoms with Crippen LogP contribution in [0.5, 0.6) is 5.75 Å². The van der Waals surface area contributed by atoms with Crippen molar-refractivity contribution in [2.24, 2.45) is 5.92 Å². The highest BCUT2D eigenvalue weighted by Crippen LogP contribution is 2.48. The quantitative estimate of drug-likeness (QED) is 0.275. The molecule has 0 amide bonds. The molecule has 6 rings (SSSR count). The number of benzene rings is 2. The van der Waals surface area contributed by atoms with E-state index in [0.717, 1.165) is 94.2 Å². The van der Waals surface area contributed by atoms with E-state index >= 15 is 0 Å². The van der Waals surface area contributed by atoms with Gasteiger partial charge >= 0.3 is 5.97 Å². The molecule has 1 N–H and O–H groups in total. The van der Waals surface area contributed by atoms with Crippen molar-refractivity contribution in [3.05, 3.63) is 77.7 Å². The topological polar surface area (TPSA) is 88.3 Å². The van der Waals surface area contributed by atoms with Gasteiger partial charge in [0, 0.05) is 37.3 Å². The normalized spacial score (nSPS) is 24.8. The molecular weight excluding hydrogens is 554 g/mol. The van der Waals surface area contributed by atoms with Crippen molar-refractivity contribution in [2.45, 2.75) is 63.5 Å². The molecule has 0 saturated carbocycles. The number of carboxylic acid groups (broad SMARTS) is 1. The average molecular weight is 600 g/mol. The van der Waals surface area contributed by atoms with Gasteiger partial charge < -0.3 is 19.0 Å². The highest BCUT2D eigenvalue weighted by Gasteiger charge is 2.43. The van der Waals surface area contributed by atoms with Crippen molar-refractivity contribution < 1.29 is 23.8 Å². The van der Waals surface area contributed by atoms with Gasteiger partial charge in [-0.25, -0.2) is 4.98 Å². The van der Waals surface area contributed by atoms with E-state index in [1.54, 1.807) is 7.11 Å². The van der Waals surface area contributed by atoms with E-state index in [2.05, 4.69) is 71.3 Å². The maximum absolute atomic E-state index is 11.6. The summed E-state index contributed by atoms with van der Waals surface area (Å²) in [7, 11) is 1.68. The Kier molecular flexibility index (Phi) is 9.50. The van der Waals surface area contributed by atoms with Crippen LogP contribution in [-0.2, 0) is 21.5 Å². The summed E-state index contributed by atoms with van der Waals surface area (Å²) in [5, 5.41) is 9.50. The van der Waals surface area contributed by atoms with Gasteiger partial charge in [-0.1, -0.05) is 61.9 Å². The maximum atomic E-state index is 11.6. The van der Waals surface area contributed by atoms with E-state index < -0.39 is 11.4 Å². The summed E-state index contributed by atoms with van der Waals surface area (Å²) >= 11 is 0. The highest BCUT2D eigenvalue weighted by atomic mass is 16.5. The fourth-order valence-corrected chi connectivity index (χ4v) is 7.38. The number of methoxy groups -OCH3 is 1. The summed E-state index contributed by atoms with van der Waals surface area (Å²) in [5.74, 6) is 0.890. The van der Waals surface area contributed by atoms with E-state index in [1.165, 1.54) is 11.1 Å². The number of carbonyl (C=O) groups is 1. The Balaban J connectivity index is 1.33. The van der Waals surface area contributed by atoms with E-state index in [0.29, 0.717) is 12.1 Å². The van der Waals surface area contributed by atoms with Crippen LogP contribution in [0.3, 0.4) is 0 Å². The fourth-order valence-electron chi connectivity index (χ4n) is 7.38. The molecule has 2 aliphatic heterocycles. The second kappa shape index (κ2) is 13.7. The van der Waals surface area contributed by atoms with Crippen LogP contribution in [0.15, 0.2) is 65.1 Å². The predicted octanol–water partition coefficient (Wildman–Crippen LogP) is 6.31. The smallest absolute Gasteiger partial charge is 0.304 e. The standard InChI is InChI=1S/C36H45N3O5/c1-26-30(27-10-4-3-5-11-27)13-8-14-36(26,15-9-16-38-18-20-43-21-19-38)35-37-31-22-28(32(42-2)24-33(31)44-35)25-39-17-7-6-12-29(39)23-34(40)41/h3-5,8,10-11,13-14,22,24,26,29H,6-7,9,12,15-21,23,25H2,1-2H3,(H,40,41). The van der Waals surface area contributed by atoms with E-state index in [9.17, 15) is 9.90 Å². The molecule has 8 nitrogen and oxygen atoms in total. The molecule has 3 unspecified atom stereocenters. The van der Waals surface area contributed by atoms with Gasteiger partial charge in [0.05, 0.1) is 32.2 Å². The Labute approximate surface area is 260 Å². The third-order valence-corrected chi connectivity index (χ3v) is 9.91. The average Bonchev–Trinajstić information content (AvgIpc) is 3.46. The van der Waals surface area contributed by atoms with Crippen LogP contribution in [-0.4, -0.2) is 78.4 Å². The number of ether oxygens (including phenoxy) is 2. The minimum Gasteiger partial charge on any atom is -0.496 e. The summed E-state index contributed by atoms with van der Waals surface area (Å²) in [6, 6.07) is 14.7. The van der Waals surface area contributed by atoms with Crippen LogP contribution >= 0.6 is 0 Å². The van der Waals surface area contributed by atoms with Gasteiger partial charge in [0.1, 0.15) is 11.3 Å². The Morgan fingerprint density at radius 1 is 1.14 bits per heavy atom. The molecule has 0 radical (unpaired) electrons. The molecule has 2 aromatic carbocycles. The first-order chi connectivity index (χ1) is 21.5. The van der Waals surface area contributed by atoms with Gasteiger partial charge in [-0.15, -0.1) is 0 Å². The second-order valence-electron chi connectivity index (χ2n) is 12.5. The number of nitrogens with zero attached hydrogens (tertiary/aromatic N) is 3. The Morgan fingerprint density at radius 3 is 2.73 bits per heavy atom. The highest BCUT2D eigenvalue weighted by molar-refractivity contribution is 5.77. The van der Waals surface area contributed by atoms with Crippen LogP contribution < -0.4 is 4.74 Å². The number of oxazole rings is 1. The van der Waals surface area contributed by atoms with Gasteiger partial charge in [0.15, 0.2) is 5.58 Å². The fraction of sp³-hybridized carbons (Fsp3) is 0.500. The zero-order valence-electron chi connectivity index (χ0n) is 26.0. The Morgan fingerprint density at radius 2 is 1.95 bits per heavy atom. The predicted molar refractivity (Wildman–Crippen MR) is 172 cm³/mol. The van der Waals surface area contributed by atoms with Crippen LogP contribution in [0.2, 0.25) is 0 Å². The molecular formula is C36H45N3O5. The Bertz CT molecular complexity index is 1490. The molecule has 0 bridgehead atoms. The minimum atomic E-state index is -0.747. The molecule has 3 aliphatic rings. The van der Waals surface area contributed by atoms with Crippen molar-refractivity contribution in [3.8, 4) is 5.75 Å². The monoisotopic (exact) mass is 599 g/mol. The lowest BCUT2D eigenvalue weighted by atomic mass is 9.66. The molecule has 3 heterocycles. The molecule has 1 aromatic heterocycles. The summed E-state index contributed by atoms with van der Waals surface area (Å²) < 4.78 is 18.1. The molecule has 3 atom stereocenters. The molecule has 3 aromatic rings. The van der Waals surface area contributed by atoms with Crippen molar-refractivity contribution in [1.29, 1.82) is 0 Å². The first kappa shape index (κ1) is 30.6. The zero-order chi connectivity index (χ0) is 30.5. The van der Waals surface area contributed by atoms with Crippen molar-refractivity contribution >= 4 is 22.6 Å². The lowest BCUT2D eigenvalue weighted by Gasteiger charge is -2.38. The van der Waals surface area contributed by atoms with Crippen LogP contribution in [0.25, 0.3) is 16.7 Å². The number of piperidine rings is 1. The van der Waals surface area contributed by atoms with E-state index in [-0.39, 0.29) is 18.4 Å². The van der Waals surface area contributed by atoms with Crippen molar-refractivity contribution in [3.63, 3.8) is 0 Å². The number of morpholine rings is 1. The van der Waals surface area contributed by atoms with Crippen LogP contribution in [0.1, 0.15) is 62.5 Å². The third kappa shape index (κ3) is 6.48. The van der Waals surface area contributed by atoms with Crippen LogP contribution in [0.4, 0.5) is 0 Å². The number of carboxylic acids is 1.